The fourth-order valence-electron chi connectivity index (χ4n) is 1.25. The van der Waals surface area contributed by atoms with Crippen LogP contribution in [0, 0.1) is 11.3 Å². The Morgan fingerprint density at radius 2 is 2.12 bits per heavy atom. The smallest absolute Gasteiger partial charge is 0.147 e. The Hall–Kier alpha value is -1.57. The molecule has 0 saturated heterocycles. The monoisotopic (exact) mass is 308 g/mol. The predicted molar refractivity (Wildman–Crippen MR) is 68.2 cm³/mol. The highest BCUT2D eigenvalue weighted by Crippen LogP contribution is 2.28. The van der Waals surface area contributed by atoms with Crippen LogP contribution in [0.15, 0.2) is 41.1 Å². The number of benzene rings is 1. The van der Waals surface area contributed by atoms with Gasteiger partial charge in [-0.2, -0.15) is 5.26 Å². The van der Waals surface area contributed by atoms with Crippen LogP contribution in [-0.2, 0) is 0 Å². The average Bonchev–Trinajstić information content (AvgIpc) is 2.31. The van der Waals surface area contributed by atoms with E-state index < -0.39 is 0 Å². The van der Waals surface area contributed by atoms with Gasteiger partial charge in [0.25, 0.3) is 0 Å². The summed E-state index contributed by atoms with van der Waals surface area (Å²) in [6, 6.07) is 8.90. The van der Waals surface area contributed by atoms with Crippen LogP contribution in [0.3, 0.4) is 0 Å². The molecular weight excluding hydrogens is 304 g/mol. The van der Waals surface area contributed by atoms with E-state index in [1.807, 2.05) is 0 Å². The molecule has 84 valence electrons. The summed E-state index contributed by atoms with van der Waals surface area (Å²) in [5.41, 5.74) is 0.444. The molecule has 0 spiro atoms. The fraction of sp³-hybridized carbons (Fsp3) is 0. The summed E-state index contributed by atoms with van der Waals surface area (Å²) in [7, 11) is 0. The quantitative estimate of drug-likeness (QED) is 0.836. The normalized spacial score (nSPS) is 9.71. The minimum absolute atomic E-state index is 0.444. The van der Waals surface area contributed by atoms with Crippen molar-refractivity contribution in [3.63, 3.8) is 0 Å². The number of nitrogens with zero attached hydrogens (tertiary/aromatic N) is 2. The zero-order valence-corrected chi connectivity index (χ0v) is 10.9. The summed E-state index contributed by atoms with van der Waals surface area (Å²) < 4.78 is 6.37. The van der Waals surface area contributed by atoms with E-state index in [1.165, 1.54) is 12.4 Å². The van der Waals surface area contributed by atoms with Crippen molar-refractivity contribution in [3.8, 4) is 17.6 Å². The van der Waals surface area contributed by atoms with E-state index in [4.69, 9.17) is 21.6 Å². The third kappa shape index (κ3) is 2.96. The highest BCUT2D eigenvalue weighted by Gasteiger charge is 2.05. The van der Waals surface area contributed by atoms with Gasteiger partial charge in [0.05, 0.1) is 16.8 Å². The number of halogens is 2. The first-order chi connectivity index (χ1) is 8.19. The number of aromatic nitrogens is 1. The van der Waals surface area contributed by atoms with Gasteiger partial charge in [0.15, 0.2) is 0 Å². The lowest BCUT2D eigenvalue weighted by Crippen LogP contribution is -1.89. The summed E-state index contributed by atoms with van der Waals surface area (Å²) in [6.45, 7) is 0. The van der Waals surface area contributed by atoms with Gasteiger partial charge >= 0.3 is 0 Å². The number of hydrogen-bond acceptors (Lipinski definition) is 3. The molecule has 0 radical (unpaired) electrons. The van der Waals surface area contributed by atoms with Gasteiger partial charge in [-0.15, -0.1) is 0 Å². The van der Waals surface area contributed by atoms with Gasteiger partial charge in [-0.05, 0) is 18.2 Å². The molecule has 0 unspecified atom stereocenters. The van der Waals surface area contributed by atoms with Crippen molar-refractivity contribution in [1.82, 2.24) is 4.98 Å². The molecule has 0 aliphatic carbocycles. The third-order valence-electron chi connectivity index (χ3n) is 1.97. The Morgan fingerprint density at radius 3 is 2.82 bits per heavy atom. The van der Waals surface area contributed by atoms with Crippen LogP contribution in [0.5, 0.6) is 11.5 Å². The Labute approximate surface area is 112 Å². The molecule has 2 rings (SSSR count). The molecule has 17 heavy (non-hydrogen) atoms. The zero-order chi connectivity index (χ0) is 12.3. The van der Waals surface area contributed by atoms with Crippen LogP contribution < -0.4 is 4.74 Å². The number of hydrogen-bond donors (Lipinski definition) is 0. The van der Waals surface area contributed by atoms with Crippen LogP contribution >= 0.6 is 27.5 Å². The largest absolute Gasteiger partial charge is 0.454 e. The van der Waals surface area contributed by atoms with E-state index in [0.717, 1.165) is 4.47 Å². The number of nitriles is 1. The van der Waals surface area contributed by atoms with Gasteiger partial charge in [0, 0.05) is 16.7 Å². The molecule has 0 atom stereocenters. The second kappa shape index (κ2) is 5.17. The molecule has 1 aromatic carbocycles. The highest BCUT2D eigenvalue weighted by atomic mass is 79.9. The van der Waals surface area contributed by atoms with Gasteiger partial charge in [0.2, 0.25) is 0 Å². The molecule has 5 heteroatoms. The van der Waals surface area contributed by atoms with E-state index in [2.05, 4.69) is 27.0 Å². The van der Waals surface area contributed by atoms with Crippen molar-refractivity contribution >= 4 is 27.5 Å². The summed E-state index contributed by atoms with van der Waals surface area (Å²) >= 11 is 9.09. The van der Waals surface area contributed by atoms with E-state index in [1.54, 1.807) is 24.3 Å². The molecular formula is C12H6BrClN2O. The molecule has 1 aromatic heterocycles. The fourth-order valence-corrected chi connectivity index (χ4v) is 1.78. The first kappa shape index (κ1) is 11.9. The van der Waals surface area contributed by atoms with Gasteiger partial charge in [-0.3, -0.25) is 4.98 Å². The van der Waals surface area contributed by atoms with Crippen molar-refractivity contribution < 1.29 is 4.74 Å². The van der Waals surface area contributed by atoms with Crippen molar-refractivity contribution in [2.24, 2.45) is 0 Å². The maximum atomic E-state index is 8.98. The highest BCUT2D eigenvalue weighted by molar-refractivity contribution is 9.10. The summed E-state index contributed by atoms with van der Waals surface area (Å²) in [5, 5.41) is 9.47. The zero-order valence-electron chi connectivity index (χ0n) is 8.52. The molecule has 2 aromatic rings. The lowest BCUT2D eigenvalue weighted by Gasteiger charge is -2.07. The summed E-state index contributed by atoms with van der Waals surface area (Å²) in [4.78, 5) is 3.90. The second-order valence-corrected chi connectivity index (χ2v) is 4.55. The van der Waals surface area contributed by atoms with Crippen LogP contribution in [-0.4, -0.2) is 4.98 Å². The number of rotatable bonds is 2. The third-order valence-corrected chi connectivity index (χ3v) is 2.67. The molecule has 0 amide bonds. The topological polar surface area (TPSA) is 45.9 Å². The minimum atomic E-state index is 0.444. The Bertz CT molecular complexity index is 595. The van der Waals surface area contributed by atoms with Crippen LogP contribution in [0.4, 0.5) is 0 Å². The van der Waals surface area contributed by atoms with Crippen LogP contribution in [0.25, 0.3) is 0 Å². The molecule has 0 aliphatic heterocycles. The molecule has 3 nitrogen and oxygen atoms in total. The van der Waals surface area contributed by atoms with Crippen LogP contribution in [0.1, 0.15) is 5.56 Å². The number of ether oxygens (including phenoxy) is 1. The van der Waals surface area contributed by atoms with E-state index in [9.17, 15) is 0 Å². The molecule has 0 saturated carbocycles. The van der Waals surface area contributed by atoms with Gasteiger partial charge in [-0.1, -0.05) is 27.5 Å². The number of pyridine rings is 1. The maximum absolute atomic E-state index is 8.98. The molecule has 0 fully saturated rings. The Morgan fingerprint density at radius 1 is 1.29 bits per heavy atom. The van der Waals surface area contributed by atoms with Crippen molar-refractivity contribution in [1.29, 1.82) is 5.26 Å². The predicted octanol–water partition coefficient (Wildman–Crippen LogP) is 4.16. The first-order valence-electron chi connectivity index (χ1n) is 4.67. The van der Waals surface area contributed by atoms with E-state index >= 15 is 0 Å². The van der Waals surface area contributed by atoms with Gasteiger partial charge in [0.1, 0.15) is 17.6 Å². The molecule has 1 heterocycles. The van der Waals surface area contributed by atoms with Crippen molar-refractivity contribution in [3.05, 3.63) is 51.7 Å². The molecule has 0 aliphatic rings. The SMILES string of the molecule is N#Cc1cc(Br)ccc1Oc1cncc(Cl)c1. The van der Waals surface area contributed by atoms with Gasteiger partial charge < -0.3 is 4.74 Å². The Balaban J connectivity index is 2.34. The van der Waals surface area contributed by atoms with Crippen molar-refractivity contribution in [2.45, 2.75) is 0 Å². The Kier molecular flexibility index (Phi) is 3.62. The first-order valence-corrected chi connectivity index (χ1v) is 5.84. The molecule has 0 bridgehead atoms. The van der Waals surface area contributed by atoms with E-state index in [0.29, 0.717) is 22.1 Å². The second-order valence-electron chi connectivity index (χ2n) is 3.19. The summed E-state index contributed by atoms with van der Waals surface area (Å²) in [5.74, 6) is 0.969. The minimum Gasteiger partial charge on any atom is -0.454 e. The average molecular weight is 310 g/mol. The lowest BCUT2D eigenvalue weighted by molar-refractivity contribution is 0.478. The van der Waals surface area contributed by atoms with Crippen LogP contribution in [0.2, 0.25) is 5.02 Å². The maximum Gasteiger partial charge on any atom is 0.147 e. The van der Waals surface area contributed by atoms with E-state index in [-0.39, 0.29) is 0 Å². The van der Waals surface area contributed by atoms with Crippen molar-refractivity contribution in [2.75, 3.05) is 0 Å². The van der Waals surface area contributed by atoms with Gasteiger partial charge in [-0.25, -0.2) is 0 Å². The lowest BCUT2D eigenvalue weighted by atomic mass is 10.2. The molecule has 0 N–H and O–H groups in total. The summed E-state index contributed by atoms with van der Waals surface area (Å²) in [6.07, 6.45) is 3.05. The standard InChI is InChI=1S/C12H6BrClN2O/c13-9-1-2-12(8(3-9)5-15)17-11-4-10(14)6-16-7-11/h1-4,6-7H.